The van der Waals surface area contributed by atoms with Crippen molar-refractivity contribution in [3.8, 4) is 0 Å². The van der Waals surface area contributed by atoms with Crippen molar-refractivity contribution in [2.75, 3.05) is 0 Å². The second kappa shape index (κ2) is 6.21. The van der Waals surface area contributed by atoms with Crippen LogP contribution in [-0.4, -0.2) is 26.2 Å². The van der Waals surface area contributed by atoms with Gasteiger partial charge in [-0.25, -0.2) is 9.78 Å². The Labute approximate surface area is 120 Å². The molecule has 0 amide bonds. The second-order valence-corrected chi connectivity index (χ2v) is 6.43. The van der Waals surface area contributed by atoms with Crippen LogP contribution in [0.2, 0.25) is 0 Å². The summed E-state index contributed by atoms with van der Waals surface area (Å²) in [5, 5.41) is 20.8. The zero-order chi connectivity index (χ0) is 14.7. The summed E-state index contributed by atoms with van der Waals surface area (Å²) in [7, 11) is 0. The molecule has 1 aliphatic carbocycles. The van der Waals surface area contributed by atoms with Crippen LogP contribution in [0.5, 0.6) is 0 Å². The Kier molecular flexibility index (Phi) is 4.59. The summed E-state index contributed by atoms with van der Waals surface area (Å²) in [5.74, 6) is -0.629. The van der Waals surface area contributed by atoms with Gasteiger partial charge in [0.25, 0.3) is 0 Å². The van der Waals surface area contributed by atoms with E-state index in [1.54, 1.807) is 0 Å². The zero-order valence-corrected chi connectivity index (χ0v) is 11.9. The molecule has 0 radical (unpaired) electrons. The lowest BCUT2D eigenvalue weighted by Crippen LogP contribution is -2.15. The molecule has 108 valence electrons. The van der Waals surface area contributed by atoms with Crippen molar-refractivity contribution in [2.45, 2.75) is 42.9 Å². The predicted molar refractivity (Wildman–Crippen MR) is 75.1 cm³/mol. The number of nitrogens with zero attached hydrogens (tertiary/aromatic N) is 2. The molecule has 1 saturated carbocycles. The molecule has 1 aliphatic rings. The molecule has 1 heterocycles. The van der Waals surface area contributed by atoms with Crippen LogP contribution in [0, 0.1) is 16.0 Å². The van der Waals surface area contributed by atoms with Crippen LogP contribution in [0.25, 0.3) is 0 Å². The molecule has 2 unspecified atom stereocenters. The Morgan fingerprint density at radius 3 is 2.90 bits per heavy atom. The first-order valence-electron chi connectivity index (χ1n) is 6.51. The van der Waals surface area contributed by atoms with Crippen molar-refractivity contribution < 1.29 is 14.8 Å². The zero-order valence-electron chi connectivity index (χ0n) is 11.1. The third-order valence-corrected chi connectivity index (χ3v) is 4.69. The van der Waals surface area contributed by atoms with Crippen LogP contribution in [0.3, 0.4) is 0 Å². The van der Waals surface area contributed by atoms with Gasteiger partial charge in [0.2, 0.25) is 0 Å². The van der Waals surface area contributed by atoms with Gasteiger partial charge >= 0.3 is 11.7 Å². The van der Waals surface area contributed by atoms with Crippen LogP contribution in [0.15, 0.2) is 17.3 Å². The highest BCUT2D eigenvalue weighted by atomic mass is 32.2. The predicted octanol–water partition coefficient (Wildman–Crippen LogP) is 3.36. The molecule has 1 N–H and O–H groups in total. The number of carboxylic acids is 1. The number of aromatic carboxylic acids is 1. The molecule has 2 atom stereocenters. The third kappa shape index (κ3) is 3.47. The highest BCUT2D eigenvalue weighted by molar-refractivity contribution is 7.99. The quantitative estimate of drug-likeness (QED) is 0.676. The lowest BCUT2D eigenvalue weighted by Gasteiger charge is -2.25. The summed E-state index contributed by atoms with van der Waals surface area (Å²) in [6.45, 7) is 2.21. The number of pyridine rings is 1. The summed E-state index contributed by atoms with van der Waals surface area (Å²) in [4.78, 5) is 25.2. The van der Waals surface area contributed by atoms with Crippen molar-refractivity contribution in [1.82, 2.24) is 4.98 Å². The first kappa shape index (κ1) is 14.8. The van der Waals surface area contributed by atoms with E-state index < -0.39 is 16.6 Å². The molecule has 0 saturated heterocycles. The number of rotatable bonds is 4. The molecule has 6 nitrogen and oxygen atoms in total. The molecule has 0 aliphatic heterocycles. The molecule has 1 fully saturated rings. The van der Waals surface area contributed by atoms with Crippen LogP contribution in [0.1, 0.15) is 43.0 Å². The fourth-order valence-electron chi connectivity index (χ4n) is 2.47. The van der Waals surface area contributed by atoms with Gasteiger partial charge in [0, 0.05) is 5.25 Å². The number of hydrogen-bond donors (Lipinski definition) is 1. The number of carbonyl (C=O) groups is 1. The first-order chi connectivity index (χ1) is 9.47. The smallest absolute Gasteiger partial charge is 0.342 e. The largest absolute Gasteiger partial charge is 0.477 e. The number of hydrogen-bond acceptors (Lipinski definition) is 5. The molecular formula is C13H16N2O4S. The van der Waals surface area contributed by atoms with E-state index >= 15 is 0 Å². The van der Waals surface area contributed by atoms with Crippen LogP contribution in [-0.2, 0) is 0 Å². The monoisotopic (exact) mass is 296 g/mol. The van der Waals surface area contributed by atoms with Gasteiger partial charge in [-0.2, -0.15) is 0 Å². The number of nitro groups is 1. The molecule has 0 bridgehead atoms. The van der Waals surface area contributed by atoms with E-state index in [2.05, 4.69) is 11.9 Å². The molecule has 0 spiro atoms. The van der Waals surface area contributed by atoms with E-state index in [4.69, 9.17) is 5.11 Å². The van der Waals surface area contributed by atoms with Gasteiger partial charge < -0.3 is 5.11 Å². The Balaban J connectivity index is 2.18. The summed E-state index contributed by atoms with van der Waals surface area (Å²) >= 11 is 1.52. The average Bonchev–Trinajstić information content (AvgIpc) is 2.38. The topological polar surface area (TPSA) is 93.3 Å². The standard InChI is InChI=1S/C13H16N2O4S/c1-8-3-2-4-9(5-8)20-12-6-10(13(16)17)11(7-14-12)15(18)19/h6-9H,2-5H2,1H3,(H,16,17). The summed E-state index contributed by atoms with van der Waals surface area (Å²) in [6.07, 6.45) is 5.59. The maximum atomic E-state index is 11.1. The van der Waals surface area contributed by atoms with Gasteiger partial charge in [-0.05, 0) is 24.8 Å². The Morgan fingerprint density at radius 2 is 2.30 bits per heavy atom. The third-order valence-electron chi connectivity index (χ3n) is 3.46. The van der Waals surface area contributed by atoms with Crippen molar-refractivity contribution in [3.05, 3.63) is 27.9 Å². The van der Waals surface area contributed by atoms with Gasteiger partial charge in [0.15, 0.2) is 0 Å². The van der Waals surface area contributed by atoms with Crippen LogP contribution in [0.4, 0.5) is 5.69 Å². The van der Waals surface area contributed by atoms with Gasteiger partial charge in [-0.1, -0.05) is 19.8 Å². The van der Waals surface area contributed by atoms with Crippen molar-refractivity contribution >= 4 is 23.4 Å². The van der Waals surface area contributed by atoms with E-state index in [1.807, 2.05) is 0 Å². The van der Waals surface area contributed by atoms with E-state index in [0.717, 1.165) is 25.5 Å². The van der Waals surface area contributed by atoms with Gasteiger partial charge in [-0.3, -0.25) is 10.1 Å². The first-order valence-corrected chi connectivity index (χ1v) is 7.39. The lowest BCUT2D eigenvalue weighted by molar-refractivity contribution is -0.385. The summed E-state index contributed by atoms with van der Waals surface area (Å²) in [5.41, 5.74) is -0.754. The number of carboxylic acid groups (broad SMARTS) is 1. The van der Waals surface area contributed by atoms with E-state index in [0.29, 0.717) is 16.2 Å². The normalized spacial score (nSPS) is 22.4. The SMILES string of the molecule is CC1CCCC(Sc2cc(C(=O)O)c([N+](=O)[O-])cn2)C1. The average molecular weight is 296 g/mol. The number of thioether (sulfide) groups is 1. The minimum Gasteiger partial charge on any atom is -0.477 e. The Morgan fingerprint density at radius 1 is 1.55 bits per heavy atom. The molecular weight excluding hydrogens is 280 g/mol. The maximum Gasteiger partial charge on any atom is 0.342 e. The molecule has 7 heteroatoms. The van der Waals surface area contributed by atoms with Crippen molar-refractivity contribution in [2.24, 2.45) is 5.92 Å². The summed E-state index contributed by atoms with van der Waals surface area (Å²) in [6, 6.07) is 1.31. The summed E-state index contributed by atoms with van der Waals surface area (Å²) < 4.78 is 0. The Hall–Kier alpha value is -1.63. The van der Waals surface area contributed by atoms with Gasteiger partial charge in [-0.15, -0.1) is 11.8 Å². The van der Waals surface area contributed by atoms with E-state index in [1.165, 1.54) is 24.2 Å². The second-order valence-electron chi connectivity index (χ2n) is 5.11. The molecule has 1 aromatic heterocycles. The van der Waals surface area contributed by atoms with Crippen LogP contribution < -0.4 is 0 Å². The molecule has 20 heavy (non-hydrogen) atoms. The molecule has 1 aromatic rings. The van der Waals surface area contributed by atoms with Crippen molar-refractivity contribution in [3.63, 3.8) is 0 Å². The highest BCUT2D eigenvalue weighted by Gasteiger charge is 2.24. The van der Waals surface area contributed by atoms with Gasteiger partial charge in [0.05, 0.1) is 9.95 Å². The van der Waals surface area contributed by atoms with Crippen molar-refractivity contribution in [1.29, 1.82) is 0 Å². The fourth-order valence-corrected chi connectivity index (χ4v) is 3.82. The maximum absolute atomic E-state index is 11.1. The van der Waals surface area contributed by atoms with E-state index in [9.17, 15) is 14.9 Å². The van der Waals surface area contributed by atoms with E-state index in [-0.39, 0.29) is 5.56 Å². The molecule has 2 rings (SSSR count). The number of aromatic nitrogens is 1. The van der Waals surface area contributed by atoms with Crippen LogP contribution >= 0.6 is 11.8 Å². The fraction of sp³-hybridized carbons (Fsp3) is 0.538. The Bertz CT molecular complexity index is 535. The molecule has 0 aromatic carbocycles. The minimum absolute atomic E-state index is 0.295. The highest BCUT2D eigenvalue weighted by Crippen LogP contribution is 2.36. The minimum atomic E-state index is -1.29. The van der Waals surface area contributed by atoms with Gasteiger partial charge in [0.1, 0.15) is 11.8 Å². The lowest BCUT2D eigenvalue weighted by atomic mass is 9.91.